The third-order valence-electron chi connectivity index (χ3n) is 3.23. The van der Waals surface area contributed by atoms with Gasteiger partial charge in [-0.25, -0.2) is 0 Å². The molecule has 0 aliphatic heterocycles. The van der Waals surface area contributed by atoms with Crippen molar-refractivity contribution in [1.82, 2.24) is 0 Å². The number of benzene rings is 3. The van der Waals surface area contributed by atoms with Gasteiger partial charge in [0, 0.05) is 0 Å². The molecule has 0 saturated carbocycles. The third-order valence-corrected chi connectivity index (χ3v) is 3.23. The average molecular weight is 277 g/mol. The first-order chi connectivity index (χ1) is 10.2. The lowest BCUT2D eigenvalue weighted by molar-refractivity contribution is -0.117. The first-order valence-corrected chi connectivity index (χ1v) is 6.74. The Morgan fingerprint density at radius 1 is 0.857 bits per heavy atom. The smallest absolute Gasteiger partial charge is 0.221 e. The van der Waals surface area contributed by atoms with Crippen molar-refractivity contribution >= 4 is 16.7 Å². The first-order valence-electron chi connectivity index (χ1n) is 6.74. The van der Waals surface area contributed by atoms with E-state index in [9.17, 15) is 4.79 Å². The first kappa shape index (κ1) is 13.2. The summed E-state index contributed by atoms with van der Waals surface area (Å²) < 4.78 is 5.86. The van der Waals surface area contributed by atoms with Gasteiger partial charge in [0.25, 0.3) is 0 Å². The van der Waals surface area contributed by atoms with Crippen molar-refractivity contribution in [3.63, 3.8) is 0 Å². The van der Waals surface area contributed by atoms with Crippen LogP contribution in [0.3, 0.4) is 0 Å². The average Bonchev–Trinajstić information content (AvgIpc) is 2.47. The van der Waals surface area contributed by atoms with Crippen LogP contribution in [0, 0.1) is 0 Å². The monoisotopic (exact) mass is 277 g/mol. The number of primary amides is 1. The molecular formula is C18H15NO2. The van der Waals surface area contributed by atoms with Crippen molar-refractivity contribution in [3.05, 3.63) is 72.3 Å². The van der Waals surface area contributed by atoms with Gasteiger partial charge in [0.15, 0.2) is 0 Å². The van der Waals surface area contributed by atoms with Gasteiger partial charge in [-0.1, -0.05) is 42.5 Å². The summed E-state index contributed by atoms with van der Waals surface area (Å²) in [6, 6.07) is 21.5. The Hall–Kier alpha value is -2.81. The highest BCUT2D eigenvalue weighted by Gasteiger charge is 2.03. The Labute approximate surface area is 123 Å². The van der Waals surface area contributed by atoms with Gasteiger partial charge in [0.05, 0.1) is 6.42 Å². The minimum Gasteiger partial charge on any atom is -0.457 e. The molecule has 3 nitrogen and oxygen atoms in total. The van der Waals surface area contributed by atoms with Gasteiger partial charge in [-0.15, -0.1) is 0 Å². The summed E-state index contributed by atoms with van der Waals surface area (Å²) in [6.07, 6.45) is 0.217. The van der Waals surface area contributed by atoms with E-state index < -0.39 is 0 Å². The lowest BCUT2D eigenvalue weighted by Gasteiger charge is -2.08. The van der Waals surface area contributed by atoms with Crippen LogP contribution in [0.1, 0.15) is 5.56 Å². The molecule has 3 rings (SSSR count). The molecule has 0 radical (unpaired) electrons. The van der Waals surface area contributed by atoms with E-state index in [0.717, 1.165) is 16.7 Å². The predicted molar refractivity (Wildman–Crippen MR) is 83.4 cm³/mol. The van der Waals surface area contributed by atoms with E-state index in [1.54, 1.807) is 0 Å². The number of nitrogens with two attached hydrogens (primary N) is 1. The Morgan fingerprint density at radius 3 is 2.43 bits per heavy atom. The van der Waals surface area contributed by atoms with Gasteiger partial charge in [0.2, 0.25) is 5.91 Å². The molecule has 0 saturated heterocycles. The summed E-state index contributed by atoms with van der Waals surface area (Å²) in [4.78, 5) is 11.0. The molecule has 2 N–H and O–H groups in total. The Bertz CT molecular complexity index is 796. The van der Waals surface area contributed by atoms with E-state index in [4.69, 9.17) is 10.5 Å². The predicted octanol–water partition coefficient (Wildman–Crippen LogP) is 3.66. The molecule has 0 aromatic heterocycles. The minimum absolute atomic E-state index is 0.217. The van der Waals surface area contributed by atoms with Gasteiger partial charge in [-0.05, 0) is 40.6 Å². The molecule has 0 aliphatic carbocycles. The third kappa shape index (κ3) is 3.20. The summed E-state index contributed by atoms with van der Waals surface area (Å²) in [6.45, 7) is 0. The number of carbonyl (C=O) groups is 1. The van der Waals surface area contributed by atoms with E-state index in [1.807, 2.05) is 60.7 Å². The summed E-state index contributed by atoms with van der Waals surface area (Å²) >= 11 is 0. The molecule has 0 unspecified atom stereocenters. The van der Waals surface area contributed by atoms with Crippen LogP contribution in [0.4, 0.5) is 0 Å². The molecule has 0 aliphatic rings. The van der Waals surface area contributed by atoms with Crippen LogP contribution in [0.2, 0.25) is 0 Å². The van der Waals surface area contributed by atoms with Crippen molar-refractivity contribution in [1.29, 1.82) is 0 Å². The lowest BCUT2D eigenvalue weighted by Crippen LogP contribution is -2.13. The second-order valence-corrected chi connectivity index (χ2v) is 4.90. The maximum Gasteiger partial charge on any atom is 0.221 e. The highest BCUT2D eigenvalue weighted by atomic mass is 16.5. The number of carbonyl (C=O) groups excluding carboxylic acids is 1. The highest BCUT2D eigenvalue weighted by molar-refractivity contribution is 5.83. The quantitative estimate of drug-likeness (QED) is 0.791. The van der Waals surface area contributed by atoms with Crippen LogP contribution in [0.15, 0.2) is 66.7 Å². The Kier molecular flexibility index (Phi) is 3.56. The largest absolute Gasteiger partial charge is 0.457 e. The molecule has 1 amide bonds. The van der Waals surface area contributed by atoms with Crippen molar-refractivity contribution in [2.75, 3.05) is 0 Å². The number of ether oxygens (including phenoxy) is 1. The summed E-state index contributed by atoms with van der Waals surface area (Å²) in [5, 5.41) is 2.30. The number of amides is 1. The standard InChI is InChI=1S/C18H15NO2/c19-18(20)11-13-4-3-7-16(10-13)21-17-9-8-14-5-1-2-6-15(14)12-17/h1-10,12H,11H2,(H2,19,20). The van der Waals surface area contributed by atoms with Gasteiger partial charge < -0.3 is 10.5 Å². The molecule has 0 spiro atoms. The minimum atomic E-state index is -0.349. The Morgan fingerprint density at radius 2 is 1.62 bits per heavy atom. The molecule has 0 bridgehead atoms. The topological polar surface area (TPSA) is 52.3 Å². The van der Waals surface area contributed by atoms with Crippen LogP contribution in [-0.2, 0) is 11.2 Å². The van der Waals surface area contributed by atoms with E-state index in [0.29, 0.717) is 5.75 Å². The fourth-order valence-corrected chi connectivity index (χ4v) is 2.29. The highest BCUT2D eigenvalue weighted by Crippen LogP contribution is 2.26. The zero-order valence-corrected chi connectivity index (χ0v) is 11.5. The van der Waals surface area contributed by atoms with Crippen LogP contribution >= 0.6 is 0 Å². The molecule has 3 aromatic rings. The van der Waals surface area contributed by atoms with Gasteiger partial charge >= 0.3 is 0 Å². The van der Waals surface area contributed by atoms with Crippen LogP contribution < -0.4 is 10.5 Å². The van der Waals surface area contributed by atoms with Crippen LogP contribution in [0.25, 0.3) is 10.8 Å². The fourth-order valence-electron chi connectivity index (χ4n) is 2.29. The van der Waals surface area contributed by atoms with E-state index in [1.165, 1.54) is 5.39 Å². The summed E-state index contributed by atoms with van der Waals surface area (Å²) in [5.41, 5.74) is 6.06. The molecule has 0 heterocycles. The van der Waals surface area contributed by atoms with Crippen molar-refractivity contribution in [2.24, 2.45) is 5.73 Å². The molecule has 0 atom stereocenters. The van der Waals surface area contributed by atoms with Gasteiger partial charge in [0.1, 0.15) is 11.5 Å². The van der Waals surface area contributed by atoms with Crippen LogP contribution in [0.5, 0.6) is 11.5 Å². The molecule has 3 heteroatoms. The number of fused-ring (bicyclic) bond motifs is 1. The second-order valence-electron chi connectivity index (χ2n) is 4.90. The van der Waals surface area contributed by atoms with E-state index in [2.05, 4.69) is 6.07 Å². The molecule has 21 heavy (non-hydrogen) atoms. The number of hydrogen-bond donors (Lipinski definition) is 1. The van der Waals surface area contributed by atoms with E-state index in [-0.39, 0.29) is 12.3 Å². The number of hydrogen-bond acceptors (Lipinski definition) is 2. The second kappa shape index (κ2) is 5.67. The summed E-state index contributed by atoms with van der Waals surface area (Å²) in [5.74, 6) is 1.12. The van der Waals surface area contributed by atoms with Gasteiger partial charge in [-0.3, -0.25) is 4.79 Å². The molecule has 0 fully saturated rings. The normalized spacial score (nSPS) is 10.5. The SMILES string of the molecule is NC(=O)Cc1cccc(Oc2ccc3ccccc3c2)c1. The van der Waals surface area contributed by atoms with Crippen molar-refractivity contribution in [2.45, 2.75) is 6.42 Å². The number of rotatable bonds is 4. The summed E-state index contributed by atoms with van der Waals surface area (Å²) in [7, 11) is 0. The maximum absolute atomic E-state index is 11.0. The zero-order valence-electron chi connectivity index (χ0n) is 11.5. The van der Waals surface area contributed by atoms with Crippen molar-refractivity contribution in [3.8, 4) is 11.5 Å². The fraction of sp³-hybridized carbons (Fsp3) is 0.0556. The maximum atomic E-state index is 11.0. The van der Waals surface area contributed by atoms with Crippen molar-refractivity contribution < 1.29 is 9.53 Å². The van der Waals surface area contributed by atoms with E-state index >= 15 is 0 Å². The van der Waals surface area contributed by atoms with Gasteiger partial charge in [-0.2, -0.15) is 0 Å². The molecular weight excluding hydrogens is 262 g/mol. The molecule has 3 aromatic carbocycles. The lowest BCUT2D eigenvalue weighted by atomic mass is 10.1. The van der Waals surface area contributed by atoms with Crippen LogP contribution in [-0.4, -0.2) is 5.91 Å². The zero-order chi connectivity index (χ0) is 14.7. The Balaban J connectivity index is 1.86. The molecule has 104 valence electrons.